The summed E-state index contributed by atoms with van der Waals surface area (Å²) in [7, 11) is 0. The Morgan fingerprint density at radius 2 is 0.831 bits per heavy atom. The van der Waals surface area contributed by atoms with Gasteiger partial charge in [-0.25, -0.2) is 0 Å². The highest BCUT2D eigenvalue weighted by Crippen LogP contribution is 2.58. The number of fused-ring (bicyclic) bond motifs is 8. The van der Waals surface area contributed by atoms with E-state index < -0.39 is 0 Å². The molecule has 0 unspecified atom stereocenters. The summed E-state index contributed by atoms with van der Waals surface area (Å²) in [6, 6.07) is 74.1. The largest absolute Gasteiger partial charge is 0.310 e. The fourth-order valence-electron chi connectivity index (χ4n) is 10.3. The number of benzene rings is 9. The Labute approximate surface area is 347 Å². The van der Waals surface area contributed by atoms with Crippen molar-refractivity contribution in [1.29, 1.82) is 0 Å². The van der Waals surface area contributed by atoms with Gasteiger partial charge in [-0.05, 0) is 126 Å². The number of hydrogen-bond acceptors (Lipinski definition) is 1. The molecule has 1 nitrogen and oxygen atoms in total. The maximum atomic E-state index is 2.51. The average molecular weight is 756 g/mol. The first-order valence-electron chi connectivity index (χ1n) is 20.8. The summed E-state index contributed by atoms with van der Waals surface area (Å²) in [5, 5.41) is 2.62. The summed E-state index contributed by atoms with van der Waals surface area (Å²) >= 11 is 0. The summed E-state index contributed by atoms with van der Waals surface area (Å²) in [4.78, 5) is 2.47. The Kier molecular flexibility index (Phi) is 7.94. The second kappa shape index (κ2) is 13.3. The number of hydrogen-bond donors (Lipinski definition) is 0. The zero-order chi connectivity index (χ0) is 39.9. The minimum Gasteiger partial charge on any atom is -0.310 e. The molecule has 59 heavy (non-hydrogen) atoms. The monoisotopic (exact) mass is 755 g/mol. The van der Waals surface area contributed by atoms with E-state index in [0.29, 0.717) is 0 Å². The van der Waals surface area contributed by atoms with E-state index in [2.05, 4.69) is 233 Å². The fourth-order valence-corrected chi connectivity index (χ4v) is 10.3. The Balaban J connectivity index is 1.13. The molecule has 9 aromatic carbocycles. The van der Waals surface area contributed by atoms with Gasteiger partial charge in [0.15, 0.2) is 0 Å². The third-order valence-electron chi connectivity index (χ3n) is 13.3. The molecule has 9 aromatic rings. The highest BCUT2D eigenvalue weighted by molar-refractivity contribution is 6.08. The van der Waals surface area contributed by atoms with E-state index in [1.807, 2.05) is 0 Å². The standard InChI is InChI=1S/C58H45N/c1-57(2)51-23-14-13-21-46(51)47-35-30-42(36-53(47)57)49-37-50-55-52(58(3,4)56(50)48-22-12-11-20-45(48)49)24-15-25-54(55)59(43-31-26-40(27-32-43)38-16-7-5-8-17-38)44-33-28-41(29-34-44)39-18-9-6-10-19-39/h5-37H,1-4H3. The third-order valence-corrected chi connectivity index (χ3v) is 13.3. The van der Waals surface area contributed by atoms with Crippen molar-refractivity contribution in [2.45, 2.75) is 38.5 Å². The molecule has 0 N–H and O–H groups in total. The van der Waals surface area contributed by atoms with Crippen LogP contribution in [0.25, 0.3) is 66.4 Å². The molecule has 0 fully saturated rings. The van der Waals surface area contributed by atoms with Gasteiger partial charge in [-0.1, -0.05) is 185 Å². The first-order chi connectivity index (χ1) is 28.8. The van der Waals surface area contributed by atoms with Gasteiger partial charge in [-0.15, -0.1) is 0 Å². The summed E-state index contributed by atoms with van der Waals surface area (Å²) in [6.45, 7) is 9.58. The topological polar surface area (TPSA) is 3.24 Å². The van der Waals surface area contributed by atoms with Gasteiger partial charge in [0.1, 0.15) is 0 Å². The quantitative estimate of drug-likeness (QED) is 0.163. The van der Waals surface area contributed by atoms with Crippen LogP contribution in [0.4, 0.5) is 17.1 Å². The normalized spacial score (nSPS) is 14.0. The Bertz CT molecular complexity index is 2980. The van der Waals surface area contributed by atoms with Gasteiger partial charge in [0.05, 0.1) is 5.69 Å². The molecule has 0 bridgehead atoms. The van der Waals surface area contributed by atoms with Gasteiger partial charge < -0.3 is 4.90 Å². The fraction of sp³-hybridized carbons (Fsp3) is 0.103. The lowest BCUT2D eigenvalue weighted by Gasteiger charge is -2.29. The van der Waals surface area contributed by atoms with Gasteiger partial charge in [0.2, 0.25) is 0 Å². The predicted molar refractivity (Wildman–Crippen MR) is 250 cm³/mol. The second-order valence-corrected chi connectivity index (χ2v) is 17.3. The van der Waals surface area contributed by atoms with Crippen LogP contribution in [-0.2, 0) is 10.8 Å². The van der Waals surface area contributed by atoms with Crippen LogP contribution in [0.2, 0.25) is 0 Å². The second-order valence-electron chi connectivity index (χ2n) is 17.3. The zero-order valence-electron chi connectivity index (χ0n) is 34.0. The minimum absolute atomic E-state index is 0.0805. The summed E-state index contributed by atoms with van der Waals surface area (Å²) in [5.74, 6) is 0. The Morgan fingerprint density at radius 3 is 1.47 bits per heavy atom. The van der Waals surface area contributed by atoms with Crippen LogP contribution in [0.1, 0.15) is 49.9 Å². The highest BCUT2D eigenvalue weighted by Gasteiger charge is 2.40. The Hall–Kier alpha value is -6.96. The van der Waals surface area contributed by atoms with Crippen molar-refractivity contribution in [3.8, 4) is 55.6 Å². The van der Waals surface area contributed by atoms with Crippen molar-refractivity contribution in [3.05, 3.63) is 222 Å². The molecule has 2 aliphatic rings. The van der Waals surface area contributed by atoms with Crippen LogP contribution in [0.3, 0.4) is 0 Å². The van der Waals surface area contributed by atoms with Crippen molar-refractivity contribution in [3.63, 3.8) is 0 Å². The maximum Gasteiger partial charge on any atom is 0.0543 e. The van der Waals surface area contributed by atoms with E-state index in [4.69, 9.17) is 0 Å². The van der Waals surface area contributed by atoms with Gasteiger partial charge in [-0.3, -0.25) is 0 Å². The van der Waals surface area contributed by atoms with Crippen LogP contribution >= 0.6 is 0 Å². The van der Waals surface area contributed by atoms with E-state index in [1.54, 1.807) is 0 Å². The molecular formula is C58H45N. The van der Waals surface area contributed by atoms with Crippen LogP contribution in [-0.4, -0.2) is 0 Å². The molecule has 0 aliphatic heterocycles. The molecule has 0 saturated carbocycles. The SMILES string of the molecule is CC1(C)c2ccccc2-c2ccc(-c3cc4c(c5ccccc35)C(C)(C)c3cccc(N(c5ccc(-c6ccccc6)cc5)c5ccc(-c6ccccc6)cc5)c3-4)cc21. The van der Waals surface area contributed by atoms with Crippen molar-refractivity contribution in [2.24, 2.45) is 0 Å². The molecule has 0 amide bonds. The van der Waals surface area contributed by atoms with Crippen LogP contribution in [0, 0.1) is 0 Å². The molecule has 0 atom stereocenters. The molecule has 0 spiro atoms. The molecule has 11 rings (SSSR count). The maximum absolute atomic E-state index is 2.51. The summed E-state index contributed by atoms with van der Waals surface area (Å²) < 4.78 is 0. The molecule has 0 saturated heterocycles. The molecule has 0 heterocycles. The lowest BCUT2D eigenvalue weighted by atomic mass is 9.78. The van der Waals surface area contributed by atoms with Crippen molar-refractivity contribution < 1.29 is 0 Å². The first-order valence-corrected chi connectivity index (χ1v) is 20.8. The molecule has 0 radical (unpaired) electrons. The van der Waals surface area contributed by atoms with Gasteiger partial charge in [0, 0.05) is 27.8 Å². The van der Waals surface area contributed by atoms with Crippen molar-refractivity contribution in [2.75, 3.05) is 4.90 Å². The average Bonchev–Trinajstić information content (AvgIpc) is 3.67. The summed E-state index contributed by atoms with van der Waals surface area (Å²) in [5.41, 5.74) is 21.4. The van der Waals surface area contributed by atoms with Gasteiger partial charge in [0.25, 0.3) is 0 Å². The van der Waals surface area contributed by atoms with E-state index in [0.717, 1.165) is 11.4 Å². The van der Waals surface area contributed by atoms with Crippen LogP contribution in [0.15, 0.2) is 200 Å². The molecule has 1 heteroatoms. The number of rotatable bonds is 6. The lowest BCUT2D eigenvalue weighted by Crippen LogP contribution is -2.16. The van der Waals surface area contributed by atoms with E-state index in [9.17, 15) is 0 Å². The summed E-state index contributed by atoms with van der Waals surface area (Å²) in [6.07, 6.45) is 0. The van der Waals surface area contributed by atoms with E-state index in [-0.39, 0.29) is 10.8 Å². The smallest absolute Gasteiger partial charge is 0.0543 e. The third kappa shape index (κ3) is 5.45. The van der Waals surface area contributed by atoms with Crippen molar-refractivity contribution >= 4 is 27.8 Å². The van der Waals surface area contributed by atoms with Crippen molar-refractivity contribution in [1.82, 2.24) is 0 Å². The molecule has 282 valence electrons. The van der Waals surface area contributed by atoms with Crippen LogP contribution in [0.5, 0.6) is 0 Å². The number of nitrogens with zero attached hydrogens (tertiary/aromatic N) is 1. The first kappa shape index (κ1) is 35.2. The lowest BCUT2D eigenvalue weighted by molar-refractivity contribution is 0.660. The van der Waals surface area contributed by atoms with Gasteiger partial charge >= 0.3 is 0 Å². The molecular weight excluding hydrogens is 711 g/mol. The number of anilines is 3. The van der Waals surface area contributed by atoms with Crippen LogP contribution < -0.4 is 4.90 Å². The zero-order valence-corrected chi connectivity index (χ0v) is 34.0. The van der Waals surface area contributed by atoms with E-state index >= 15 is 0 Å². The van der Waals surface area contributed by atoms with E-state index in [1.165, 1.54) is 94.3 Å². The molecule has 0 aromatic heterocycles. The van der Waals surface area contributed by atoms with Gasteiger partial charge in [-0.2, -0.15) is 0 Å². The Morgan fingerprint density at radius 1 is 0.322 bits per heavy atom. The predicted octanol–water partition coefficient (Wildman–Crippen LogP) is 15.9. The minimum atomic E-state index is -0.222. The molecule has 2 aliphatic carbocycles. The highest BCUT2D eigenvalue weighted by atomic mass is 15.1.